The molecule has 112 valence electrons. The number of hydrogen-bond donors (Lipinski definition) is 2. The van der Waals surface area contributed by atoms with Gasteiger partial charge in [0.1, 0.15) is 0 Å². The summed E-state index contributed by atoms with van der Waals surface area (Å²) < 4.78 is 11.0. The van der Waals surface area contributed by atoms with Crippen molar-refractivity contribution in [2.24, 2.45) is 0 Å². The second-order valence-corrected chi connectivity index (χ2v) is 7.16. The molecule has 2 N–H and O–H groups in total. The minimum Gasteiger partial charge on any atom is -0.352 e. The second kappa shape index (κ2) is 9.48. The summed E-state index contributed by atoms with van der Waals surface area (Å²) in [6.45, 7) is 2.40. The van der Waals surface area contributed by atoms with Crippen molar-refractivity contribution in [3.63, 3.8) is 0 Å². The molecule has 2 unspecified atom stereocenters. The fourth-order valence-corrected chi connectivity index (χ4v) is 3.10. The van der Waals surface area contributed by atoms with E-state index in [-0.39, 0.29) is 11.9 Å². The Morgan fingerprint density at radius 2 is 1.89 bits per heavy atom. The minimum atomic E-state index is -0.749. The van der Waals surface area contributed by atoms with Crippen LogP contribution < -0.4 is 10.6 Å². The Morgan fingerprint density at radius 3 is 2.47 bits per heavy atom. The van der Waals surface area contributed by atoms with E-state index in [0.29, 0.717) is 18.3 Å². The summed E-state index contributed by atoms with van der Waals surface area (Å²) in [7, 11) is -0.749. The highest BCUT2D eigenvalue weighted by Crippen LogP contribution is 2.16. The van der Waals surface area contributed by atoms with E-state index >= 15 is 0 Å². The van der Waals surface area contributed by atoms with Gasteiger partial charge in [0.05, 0.1) is 6.54 Å². The second-order valence-electron chi connectivity index (χ2n) is 5.60. The van der Waals surface area contributed by atoms with Crippen molar-refractivity contribution in [2.45, 2.75) is 64.0 Å². The molecule has 0 aromatic heterocycles. The third kappa shape index (κ3) is 8.37. The van der Waals surface area contributed by atoms with E-state index in [9.17, 15) is 9.00 Å². The Hall–Kier alpha value is -0.420. The van der Waals surface area contributed by atoms with Crippen LogP contribution in [0.25, 0.3) is 0 Å². The number of carbonyl (C=O) groups is 1. The zero-order valence-corrected chi connectivity index (χ0v) is 13.1. The molecule has 0 saturated heterocycles. The van der Waals surface area contributed by atoms with Gasteiger partial charge in [-0.25, -0.2) is 0 Å². The number of rotatable bonds is 7. The van der Waals surface area contributed by atoms with Crippen molar-refractivity contribution in [1.82, 2.24) is 10.6 Å². The van der Waals surface area contributed by atoms with Crippen molar-refractivity contribution in [3.8, 4) is 0 Å². The largest absolute Gasteiger partial charge is 0.352 e. The van der Waals surface area contributed by atoms with E-state index in [1.54, 1.807) is 6.26 Å². The molecule has 5 heteroatoms. The molecule has 0 bridgehead atoms. The van der Waals surface area contributed by atoms with Gasteiger partial charge in [-0.2, -0.15) is 0 Å². The summed E-state index contributed by atoms with van der Waals surface area (Å²) in [6, 6.07) is 0.610. The minimum absolute atomic E-state index is 0.0939. The van der Waals surface area contributed by atoms with Gasteiger partial charge in [0, 0.05) is 34.9 Å². The SMILES string of the molecule is CC(CCS(C)=O)NCC(=O)NC1CCCCCC1. The van der Waals surface area contributed by atoms with E-state index in [1.807, 2.05) is 6.92 Å². The molecule has 1 saturated carbocycles. The molecule has 0 aliphatic heterocycles. The molecule has 0 aromatic carbocycles. The van der Waals surface area contributed by atoms with Crippen molar-refractivity contribution < 1.29 is 9.00 Å². The molecule has 0 spiro atoms. The summed E-state index contributed by atoms with van der Waals surface area (Å²) in [5, 5.41) is 6.31. The molecule has 19 heavy (non-hydrogen) atoms. The van der Waals surface area contributed by atoms with E-state index < -0.39 is 10.8 Å². The molecule has 1 rings (SSSR count). The van der Waals surface area contributed by atoms with Crippen molar-refractivity contribution in [3.05, 3.63) is 0 Å². The van der Waals surface area contributed by atoms with Crippen molar-refractivity contribution in [2.75, 3.05) is 18.6 Å². The highest BCUT2D eigenvalue weighted by atomic mass is 32.2. The van der Waals surface area contributed by atoms with Crippen LogP contribution in [0.2, 0.25) is 0 Å². The van der Waals surface area contributed by atoms with E-state index in [4.69, 9.17) is 0 Å². The highest BCUT2D eigenvalue weighted by molar-refractivity contribution is 7.84. The van der Waals surface area contributed by atoms with Crippen LogP contribution in [0.1, 0.15) is 51.9 Å². The zero-order chi connectivity index (χ0) is 14.1. The lowest BCUT2D eigenvalue weighted by Gasteiger charge is -2.18. The number of nitrogens with one attached hydrogen (secondary N) is 2. The van der Waals surface area contributed by atoms with Crippen LogP contribution in [0.15, 0.2) is 0 Å². The zero-order valence-electron chi connectivity index (χ0n) is 12.2. The average Bonchev–Trinajstić information content (AvgIpc) is 2.62. The molecule has 1 amide bonds. The van der Waals surface area contributed by atoms with Crippen molar-refractivity contribution >= 4 is 16.7 Å². The maximum Gasteiger partial charge on any atom is 0.234 e. The standard InChI is InChI=1S/C14H28N2O2S/c1-12(9-10-19(2)18)15-11-14(17)16-13-7-5-3-4-6-8-13/h12-13,15H,3-11H2,1-2H3,(H,16,17). The summed E-state index contributed by atoms with van der Waals surface area (Å²) >= 11 is 0. The van der Waals surface area contributed by atoms with Gasteiger partial charge >= 0.3 is 0 Å². The van der Waals surface area contributed by atoms with Gasteiger partial charge in [-0.1, -0.05) is 25.7 Å². The molecule has 0 radical (unpaired) electrons. The van der Waals surface area contributed by atoms with E-state index in [1.165, 1.54) is 25.7 Å². The maximum absolute atomic E-state index is 11.8. The first-order chi connectivity index (χ1) is 9.08. The van der Waals surface area contributed by atoms with Gasteiger partial charge in [-0.3, -0.25) is 9.00 Å². The molecule has 0 heterocycles. The molecular weight excluding hydrogens is 260 g/mol. The summed E-state index contributed by atoms with van der Waals surface area (Å²) in [5.74, 6) is 0.787. The van der Waals surface area contributed by atoms with Crippen LogP contribution >= 0.6 is 0 Å². The third-order valence-corrected chi connectivity index (χ3v) is 4.48. The van der Waals surface area contributed by atoms with Crippen LogP contribution in [-0.2, 0) is 15.6 Å². The smallest absolute Gasteiger partial charge is 0.234 e. The van der Waals surface area contributed by atoms with Gasteiger partial charge in [0.25, 0.3) is 0 Å². The van der Waals surface area contributed by atoms with Gasteiger partial charge < -0.3 is 10.6 Å². The van der Waals surface area contributed by atoms with Crippen LogP contribution in [-0.4, -0.2) is 40.8 Å². The summed E-state index contributed by atoms with van der Waals surface area (Å²) in [4.78, 5) is 11.8. The fourth-order valence-electron chi connectivity index (χ4n) is 2.41. The van der Waals surface area contributed by atoms with Gasteiger partial charge in [-0.15, -0.1) is 0 Å². The molecule has 1 aliphatic rings. The summed E-state index contributed by atoms with van der Waals surface area (Å²) in [6.07, 6.45) is 9.87. The summed E-state index contributed by atoms with van der Waals surface area (Å²) in [5.41, 5.74) is 0. The Kier molecular flexibility index (Phi) is 8.30. The Balaban J connectivity index is 2.14. The fraction of sp³-hybridized carbons (Fsp3) is 0.929. The first kappa shape index (κ1) is 16.6. The molecule has 2 atom stereocenters. The third-order valence-electron chi connectivity index (χ3n) is 3.67. The predicted octanol–water partition coefficient (Wildman–Crippen LogP) is 1.57. The van der Waals surface area contributed by atoms with E-state index in [2.05, 4.69) is 10.6 Å². The Morgan fingerprint density at radius 1 is 1.26 bits per heavy atom. The Bertz CT molecular complexity index is 289. The predicted molar refractivity (Wildman–Crippen MR) is 80.6 cm³/mol. The number of carbonyl (C=O) groups excluding carboxylic acids is 1. The number of amides is 1. The molecule has 1 aliphatic carbocycles. The Labute approximate surface area is 119 Å². The van der Waals surface area contributed by atoms with Gasteiger partial charge in [-0.05, 0) is 26.2 Å². The molecule has 1 fully saturated rings. The maximum atomic E-state index is 11.8. The van der Waals surface area contributed by atoms with Crippen molar-refractivity contribution in [1.29, 1.82) is 0 Å². The first-order valence-corrected chi connectivity index (χ1v) is 9.13. The molecule has 4 nitrogen and oxygen atoms in total. The van der Waals surface area contributed by atoms with Crippen LogP contribution in [0, 0.1) is 0 Å². The van der Waals surface area contributed by atoms with Crippen LogP contribution in [0.5, 0.6) is 0 Å². The lowest BCUT2D eigenvalue weighted by molar-refractivity contribution is -0.121. The average molecular weight is 288 g/mol. The quantitative estimate of drug-likeness (QED) is 0.699. The van der Waals surface area contributed by atoms with Crippen LogP contribution in [0.4, 0.5) is 0 Å². The lowest BCUT2D eigenvalue weighted by Crippen LogP contribution is -2.42. The van der Waals surface area contributed by atoms with Gasteiger partial charge in [0.2, 0.25) is 5.91 Å². The highest BCUT2D eigenvalue weighted by Gasteiger charge is 2.14. The molecule has 0 aromatic rings. The molecular formula is C14H28N2O2S. The topological polar surface area (TPSA) is 58.2 Å². The normalized spacial score (nSPS) is 20.5. The van der Waals surface area contributed by atoms with E-state index in [0.717, 1.165) is 19.3 Å². The van der Waals surface area contributed by atoms with Crippen LogP contribution in [0.3, 0.4) is 0 Å². The first-order valence-electron chi connectivity index (χ1n) is 7.40. The lowest BCUT2D eigenvalue weighted by atomic mass is 10.1. The van der Waals surface area contributed by atoms with Gasteiger partial charge in [0.15, 0.2) is 0 Å². The number of hydrogen-bond acceptors (Lipinski definition) is 3. The monoisotopic (exact) mass is 288 g/mol.